The van der Waals surface area contributed by atoms with Crippen LogP contribution in [-0.4, -0.2) is 18.5 Å². The Hall–Kier alpha value is -1.35. The van der Waals surface area contributed by atoms with Gasteiger partial charge in [0.25, 0.3) is 0 Å². The molecule has 1 aromatic rings. The maximum atomic E-state index is 12.7. The minimum Gasteiger partial charge on any atom is -0.327 e. The number of carbonyl (C=O) groups is 1. The normalized spacial score (nSPS) is 22.4. The summed E-state index contributed by atoms with van der Waals surface area (Å²) in [7, 11) is 0. The van der Waals surface area contributed by atoms with E-state index in [1.54, 1.807) is 0 Å². The van der Waals surface area contributed by atoms with Crippen molar-refractivity contribution in [1.29, 1.82) is 0 Å². The molecule has 0 heterocycles. The molecule has 104 valence electrons. The van der Waals surface area contributed by atoms with E-state index in [9.17, 15) is 4.79 Å². The van der Waals surface area contributed by atoms with Crippen LogP contribution in [-0.2, 0) is 4.79 Å². The molecule has 1 amide bonds. The van der Waals surface area contributed by atoms with Crippen LogP contribution in [0.5, 0.6) is 0 Å². The molecule has 1 fully saturated rings. The number of amides is 1. The third-order valence-electron chi connectivity index (χ3n) is 3.96. The number of hydrogen-bond acceptors (Lipinski definition) is 2. The van der Waals surface area contributed by atoms with E-state index >= 15 is 0 Å². The van der Waals surface area contributed by atoms with Gasteiger partial charge < -0.3 is 10.6 Å². The van der Waals surface area contributed by atoms with Crippen molar-refractivity contribution in [3.05, 3.63) is 30.3 Å². The number of rotatable bonds is 5. The average Bonchev–Trinajstić information content (AvgIpc) is 2.86. The standard InChI is InChI=1S/C16H24N2O/c1-2-3-12-18(13-8-5-4-6-9-13)16(19)14-10-7-11-15(14)17/h4-6,8-9,14-15H,2-3,7,10-12,17H2,1H3. The lowest BCUT2D eigenvalue weighted by atomic mass is 10.0. The second-order valence-corrected chi connectivity index (χ2v) is 5.38. The summed E-state index contributed by atoms with van der Waals surface area (Å²) in [6.07, 6.45) is 5.12. The summed E-state index contributed by atoms with van der Waals surface area (Å²) in [4.78, 5) is 14.6. The molecule has 2 atom stereocenters. The van der Waals surface area contributed by atoms with Crippen LogP contribution in [0.25, 0.3) is 0 Å². The summed E-state index contributed by atoms with van der Waals surface area (Å²) in [6, 6.07) is 10.0. The van der Waals surface area contributed by atoms with Gasteiger partial charge in [-0.3, -0.25) is 4.79 Å². The van der Waals surface area contributed by atoms with Gasteiger partial charge in [-0.1, -0.05) is 38.0 Å². The van der Waals surface area contributed by atoms with Gasteiger partial charge in [0.2, 0.25) is 5.91 Å². The molecule has 3 nitrogen and oxygen atoms in total. The maximum absolute atomic E-state index is 12.7. The van der Waals surface area contributed by atoms with Gasteiger partial charge in [0.1, 0.15) is 0 Å². The number of hydrogen-bond donors (Lipinski definition) is 1. The molecular formula is C16H24N2O. The molecule has 1 aliphatic carbocycles. The van der Waals surface area contributed by atoms with E-state index in [-0.39, 0.29) is 17.9 Å². The van der Waals surface area contributed by atoms with Gasteiger partial charge in [0.15, 0.2) is 0 Å². The van der Waals surface area contributed by atoms with Crippen LogP contribution in [0.1, 0.15) is 39.0 Å². The first-order valence-electron chi connectivity index (χ1n) is 7.36. The van der Waals surface area contributed by atoms with E-state index < -0.39 is 0 Å². The van der Waals surface area contributed by atoms with Crippen molar-refractivity contribution in [2.24, 2.45) is 11.7 Å². The number of benzene rings is 1. The quantitative estimate of drug-likeness (QED) is 0.884. The van der Waals surface area contributed by atoms with Crippen molar-refractivity contribution >= 4 is 11.6 Å². The molecule has 2 rings (SSSR count). The summed E-state index contributed by atoms with van der Waals surface area (Å²) < 4.78 is 0. The smallest absolute Gasteiger partial charge is 0.231 e. The number of unbranched alkanes of at least 4 members (excludes halogenated alkanes) is 1. The van der Waals surface area contributed by atoms with Crippen molar-refractivity contribution in [3.8, 4) is 0 Å². The molecule has 0 saturated heterocycles. The van der Waals surface area contributed by atoms with Crippen LogP contribution >= 0.6 is 0 Å². The molecule has 0 bridgehead atoms. The van der Waals surface area contributed by atoms with Crippen LogP contribution < -0.4 is 10.6 Å². The Kier molecular flexibility index (Phi) is 4.97. The van der Waals surface area contributed by atoms with Gasteiger partial charge in [-0.25, -0.2) is 0 Å². The van der Waals surface area contributed by atoms with Crippen LogP contribution in [0.15, 0.2) is 30.3 Å². The molecule has 1 aromatic carbocycles. The lowest BCUT2D eigenvalue weighted by molar-refractivity contribution is -0.122. The van der Waals surface area contributed by atoms with Crippen molar-refractivity contribution in [2.75, 3.05) is 11.4 Å². The Labute approximate surface area is 115 Å². The first-order chi connectivity index (χ1) is 9.24. The van der Waals surface area contributed by atoms with Gasteiger partial charge in [0.05, 0.1) is 5.92 Å². The number of nitrogens with zero attached hydrogens (tertiary/aromatic N) is 1. The minimum atomic E-state index is 0.0112. The Morgan fingerprint density at radius 1 is 1.32 bits per heavy atom. The molecule has 3 heteroatoms. The third-order valence-corrected chi connectivity index (χ3v) is 3.96. The highest BCUT2D eigenvalue weighted by Gasteiger charge is 2.33. The van der Waals surface area contributed by atoms with Crippen LogP contribution in [0.2, 0.25) is 0 Å². The van der Waals surface area contributed by atoms with Crippen molar-refractivity contribution in [3.63, 3.8) is 0 Å². The zero-order valence-corrected chi connectivity index (χ0v) is 11.7. The SMILES string of the molecule is CCCCN(C(=O)C1CCCC1N)c1ccccc1. The third kappa shape index (κ3) is 3.35. The molecule has 0 radical (unpaired) electrons. The monoisotopic (exact) mass is 260 g/mol. The number of para-hydroxylation sites is 1. The molecule has 0 aromatic heterocycles. The largest absolute Gasteiger partial charge is 0.327 e. The maximum Gasteiger partial charge on any atom is 0.231 e. The molecule has 19 heavy (non-hydrogen) atoms. The highest BCUT2D eigenvalue weighted by atomic mass is 16.2. The lowest BCUT2D eigenvalue weighted by Gasteiger charge is -2.27. The molecular weight excluding hydrogens is 236 g/mol. The molecule has 2 unspecified atom stereocenters. The fourth-order valence-electron chi connectivity index (χ4n) is 2.79. The van der Waals surface area contributed by atoms with Crippen molar-refractivity contribution in [1.82, 2.24) is 0 Å². The van der Waals surface area contributed by atoms with Gasteiger partial charge >= 0.3 is 0 Å². The van der Waals surface area contributed by atoms with Crippen molar-refractivity contribution in [2.45, 2.75) is 45.1 Å². The zero-order valence-electron chi connectivity index (χ0n) is 11.7. The van der Waals surface area contributed by atoms with E-state index in [0.717, 1.165) is 44.3 Å². The summed E-state index contributed by atoms with van der Waals surface area (Å²) in [5.41, 5.74) is 7.08. The highest BCUT2D eigenvalue weighted by Crippen LogP contribution is 2.28. The van der Waals surface area contributed by atoms with Crippen LogP contribution in [0, 0.1) is 5.92 Å². The molecule has 0 aliphatic heterocycles. The summed E-state index contributed by atoms with van der Waals surface area (Å²) in [6.45, 7) is 2.94. The number of nitrogens with two attached hydrogens (primary N) is 1. The van der Waals surface area contributed by atoms with Crippen molar-refractivity contribution < 1.29 is 4.79 Å². The molecule has 0 spiro atoms. The Balaban J connectivity index is 2.15. The van der Waals surface area contributed by atoms with E-state index in [0.29, 0.717) is 0 Å². The van der Waals surface area contributed by atoms with E-state index in [2.05, 4.69) is 6.92 Å². The first kappa shape index (κ1) is 14.1. The second kappa shape index (κ2) is 6.71. The van der Waals surface area contributed by atoms with Crippen LogP contribution in [0.4, 0.5) is 5.69 Å². The fraction of sp³-hybridized carbons (Fsp3) is 0.562. The van der Waals surface area contributed by atoms with Gasteiger partial charge in [-0.05, 0) is 31.4 Å². The second-order valence-electron chi connectivity index (χ2n) is 5.38. The summed E-state index contributed by atoms with van der Waals surface area (Å²) >= 11 is 0. The highest BCUT2D eigenvalue weighted by molar-refractivity contribution is 5.95. The van der Waals surface area contributed by atoms with E-state index in [4.69, 9.17) is 5.73 Å². The zero-order chi connectivity index (χ0) is 13.7. The Morgan fingerprint density at radius 3 is 2.63 bits per heavy atom. The predicted molar refractivity (Wildman–Crippen MR) is 79.0 cm³/mol. The van der Waals surface area contributed by atoms with E-state index in [1.807, 2.05) is 35.2 Å². The average molecular weight is 260 g/mol. The van der Waals surface area contributed by atoms with E-state index in [1.165, 1.54) is 0 Å². The summed E-state index contributed by atoms with van der Waals surface area (Å²) in [5, 5.41) is 0. The van der Waals surface area contributed by atoms with Gasteiger partial charge in [-0.15, -0.1) is 0 Å². The predicted octanol–water partition coefficient (Wildman–Crippen LogP) is 2.95. The Morgan fingerprint density at radius 2 is 2.05 bits per heavy atom. The van der Waals surface area contributed by atoms with Crippen LogP contribution in [0.3, 0.4) is 0 Å². The lowest BCUT2D eigenvalue weighted by Crippen LogP contribution is -2.42. The number of anilines is 1. The Bertz CT molecular complexity index is 404. The van der Waals surface area contributed by atoms with Gasteiger partial charge in [0, 0.05) is 18.3 Å². The molecule has 2 N–H and O–H groups in total. The number of carbonyl (C=O) groups excluding carboxylic acids is 1. The van der Waals surface area contributed by atoms with Gasteiger partial charge in [-0.2, -0.15) is 0 Å². The fourth-order valence-corrected chi connectivity index (χ4v) is 2.79. The topological polar surface area (TPSA) is 46.3 Å². The molecule has 1 saturated carbocycles. The molecule has 1 aliphatic rings. The first-order valence-corrected chi connectivity index (χ1v) is 7.36. The summed E-state index contributed by atoms with van der Waals surface area (Å²) in [5.74, 6) is 0.224. The minimum absolute atomic E-state index is 0.0112.